The Morgan fingerprint density at radius 2 is 1.55 bits per heavy atom. The van der Waals surface area contributed by atoms with Crippen LogP contribution in [0, 0.1) is 29.1 Å². The molecule has 1 aromatic carbocycles. The molecule has 1 aliphatic rings. The Kier molecular flexibility index (Phi) is 4.47. The van der Waals surface area contributed by atoms with E-state index in [1.165, 1.54) is 0 Å². The Morgan fingerprint density at radius 1 is 1.00 bits per heavy atom. The van der Waals surface area contributed by atoms with Gasteiger partial charge in [0.1, 0.15) is 5.69 Å². The lowest BCUT2D eigenvalue weighted by Gasteiger charge is -2.23. The highest BCUT2D eigenvalue weighted by atomic mass is 19.2. The molecular formula is C13H15F5N2. The lowest BCUT2D eigenvalue weighted by molar-refractivity contribution is 0.276. The van der Waals surface area contributed by atoms with Gasteiger partial charge >= 0.3 is 0 Å². The molecule has 1 N–H and O–H groups in total. The van der Waals surface area contributed by atoms with Gasteiger partial charge in [0.05, 0.1) is 0 Å². The molecule has 20 heavy (non-hydrogen) atoms. The van der Waals surface area contributed by atoms with Crippen molar-refractivity contribution >= 4 is 5.69 Å². The third-order valence-electron chi connectivity index (χ3n) is 3.63. The molecule has 2 rings (SSSR count). The molecule has 1 heterocycles. The minimum Gasteiger partial charge on any atom is -0.379 e. The van der Waals surface area contributed by atoms with Crippen molar-refractivity contribution in [2.75, 3.05) is 25.0 Å². The van der Waals surface area contributed by atoms with Gasteiger partial charge in [-0.25, -0.2) is 22.0 Å². The van der Waals surface area contributed by atoms with Crippen molar-refractivity contribution in [2.24, 2.45) is 0 Å². The van der Waals surface area contributed by atoms with Gasteiger partial charge in [0, 0.05) is 12.6 Å². The maximum absolute atomic E-state index is 13.5. The number of rotatable bonds is 4. The van der Waals surface area contributed by atoms with Crippen LogP contribution in [-0.2, 0) is 0 Å². The molecule has 0 aromatic heterocycles. The third-order valence-corrected chi connectivity index (χ3v) is 3.63. The summed E-state index contributed by atoms with van der Waals surface area (Å²) in [5.74, 6) is -9.62. The normalized spacial score (nSPS) is 19.6. The molecule has 112 valence electrons. The van der Waals surface area contributed by atoms with Crippen molar-refractivity contribution in [2.45, 2.75) is 25.8 Å². The zero-order valence-electron chi connectivity index (χ0n) is 10.9. The number of anilines is 1. The van der Waals surface area contributed by atoms with Crippen LogP contribution < -0.4 is 5.32 Å². The van der Waals surface area contributed by atoms with E-state index in [1.807, 2.05) is 6.92 Å². The maximum atomic E-state index is 13.5. The highest BCUT2D eigenvalue weighted by Gasteiger charge is 2.28. The molecule has 1 aliphatic heterocycles. The molecule has 0 aliphatic carbocycles. The van der Waals surface area contributed by atoms with E-state index in [0.29, 0.717) is 0 Å². The van der Waals surface area contributed by atoms with Crippen molar-refractivity contribution in [3.8, 4) is 0 Å². The largest absolute Gasteiger partial charge is 0.379 e. The Bertz CT molecular complexity index is 477. The number of likely N-dealkylation sites (tertiary alicyclic amines) is 1. The summed E-state index contributed by atoms with van der Waals surface area (Å²) in [5.41, 5.74) is -0.954. The van der Waals surface area contributed by atoms with E-state index in [9.17, 15) is 22.0 Å². The Hall–Kier alpha value is -1.37. The first kappa shape index (κ1) is 15.0. The number of likely N-dealkylation sites (N-methyl/N-ethyl adjacent to an activating group) is 1. The Balaban J connectivity index is 2.18. The predicted molar refractivity (Wildman–Crippen MR) is 65.0 cm³/mol. The van der Waals surface area contributed by atoms with Gasteiger partial charge in [0.25, 0.3) is 0 Å². The molecule has 0 saturated carbocycles. The molecule has 1 atom stereocenters. The maximum Gasteiger partial charge on any atom is 0.200 e. The van der Waals surface area contributed by atoms with E-state index in [1.54, 1.807) is 0 Å². The Morgan fingerprint density at radius 3 is 2.10 bits per heavy atom. The summed E-state index contributed by atoms with van der Waals surface area (Å²) >= 11 is 0. The fourth-order valence-electron chi connectivity index (χ4n) is 2.52. The third kappa shape index (κ3) is 2.59. The zero-order valence-corrected chi connectivity index (χ0v) is 10.9. The van der Waals surface area contributed by atoms with Gasteiger partial charge in [0.2, 0.25) is 5.82 Å². The van der Waals surface area contributed by atoms with Crippen molar-refractivity contribution in [1.82, 2.24) is 4.90 Å². The van der Waals surface area contributed by atoms with Crippen LogP contribution in [0.25, 0.3) is 0 Å². The molecule has 0 radical (unpaired) electrons. The number of hydrogen-bond donors (Lipinski definition) is 1. The molecule has 7 heteroatoms. The zero-order chi connectivity index (χ0) is 14.9. The average molecular weight is 294 g/mol. The van der Waals surface area contributed by atoms with Crippen LogP contribution in [0.15, 0.2) is 0 Å². The van der Waals surface area contributed by atoms with Gasteiger partial charge in [-0.1, -0.05) is 6.92 Å². The van der Waals surface area contributed by atoms with Crippen LogP contribution in [0.5, 0.6) is 0 Å². The van der Waals surface area contributed by atoms with Crippen molar-refractivity contribution < 1.29 is 22.0 Å². The lowest BCUT2D eigenvalue weighted by Crippen LogP contribution is -2.35. The van der Waals surface area contributed by atoms with Crippen LogP contribution in [0.4, 0.5) is 27.6 Å². The molecule has 0 bridgehead atoms. The first-order chi connectivity index (χ1) is 9.47. The standard InChI is InChI=1S/C13H15F5N2/c1-2-20-5-3-4-7(20)6-19-13-11(17)9(15)8(14)10(16)12(13)18/h7,19H,2-6H2,1H3. The fourth-order valence-corrected chi connectivity index (χ4v) is 2.52. The van der Waals surface area contributed by atoms with Crippen LogP contribution in [-0.4, -0.2) is 30.6 Å². The van der Waals surface area contributed by atoms with Gasteiger partial charge in [-0.2, -0.15) is 0 Å². The monoisotopic (exact) mass is 294 g/mol. The van der Waals surface area contributed by atoms with E-state index in [4.69, 9.17) is 0 Å². The number of nitrogens with zero attached hydrogens (tertiary/aromatic N) is 1. The molecular weight excluding hydrogens is 279 g/mol. The second-order valence-electron chi connectivity index (χ2n) is 4.75. The van der Waals surface area contributed by atoms with Crippen LogP contribution in [0.3, 0.4) is 0 Å². The van der Waals surface area contributed by atoms with E-state index in [2.05, 4.69) is 10.2 Å². The number of nitrogens with one attached hydrogen (secondary N) is 1. The molecule has 2 nitrogen and oxygen atoms in total. The van der Waals surface area contributed by atoms with Gasteiger partial charge in [-0.3, -0.25) is 4.90 Å². The smallest absolute Gasteiger partial charge is 0.200 e. The summed E-state index contributed by atoms with van der Waals surface area (Å²) in [4.78, 5) is 2.10. The molecule has 1 saturated heterocycles. The van der Waals surface area contributed by atoms with Crippen LogP contribution >= 0.6 is 0 Å². The quantitative estimate of drug-likeness (QED) is 0.521. The minimum absolute atomic E-state index is 0.0370. The predicted octanol–water partition coefficient (Wildman–Crippen LogP) is 3.28. The molecule has 0 amide bonds. The van der Waals surface area contributed by atoms with Gasteiger partial charge in [-0.15, -0.1) is 0 Å². The minimum atomic E-state index is -2.14. The van der Waals surface area contributed by atoms with Gasteiger partial charge in [0.15, 0.2) is 23.3 Å². The molecule has 1 fully saturated rings. The van der Waals surface area contributed by atoms with Crippen molar-refractivity contribution in [3.63, 3.8) is 0 Å². The number of hydrogen-bond acceptors (Lipinski definition) is 2. The summed E-state index contributed by atoms with van der Waals surface area (Å²) in [6.45, 7) is 3.76. The van der Waals surface area contributed by atoms with Gasteiger partial charge < -0.3 is 5.32 Å². The van der Waals surface area contributed by atoms with Crippen LogP contribution in [0.1, 0.15) is 19.8 Å². The van der Waals surface area contributed by atoms with Crippen molar-refractivity contribution in [3.05, 3.63) is 29.1 Å². The first-order valence-electron chi connectivity index (χ1n) is 6.46. The van der Waals surface area contributed by atoms with Crippen LogP contribution in [0.2, 0.25) is 0 Å². The SMILES string of the molecule is CCN1CCCC1CNc1c(F)c(F)c(F)c(F)c1F. The molecule has 0 spiro atoms. The summed E-state index contributed by atoms with van der Waals surface area (Å²) in [7, 11) is 0. The second-order valence-corrected chi connectivity index (χ2v) is 4.75. The highest BCUT2D eigenvalue weighted by Crippen LogP contribution is 2.27. The highest BCUT2D eigenvalue weighted by molar-refractivity contribution is 5.47. The summed E-state index contributed by atoms with van der Waals surface area (Å²) in [6.07, 6.45) is 1.79. The topological polar surface area (TPSA) is 15.3 Å². The van der Waals surface area contributed by atoms with E-state index >= 15 is 0 Å². The van der Waals surface area contributed by atoms with E-state index in [0.717, 1.165) is 25.9 Å². The van der Waals surface area contributed by atoms with E-state index < -0.39 is 34.8 Å². The first-order valence-corrected chi connectivity index (χ1v) is 6.46. The molecule has 1 unspecified atom stereocenters. The average Bonchev–Trinajstić information content (AvgIpc) is 2.90. The summed E-state index contributed by atoms with van der Waals surface area (Å²) in [6, 6.07) is 0.0370. The van der Waals surface area contributed by atoms with E-state index in [-0.39, 0.29) is 12.6 Å². The number of halogens is 5. The number of benzene rings is 1. The van der Waals surface area contributed by atoms with Gasteiger partial charge in [-0.05, 0) is 25.9 Å². The Labute approximate surface area is 113 Å². The second kappa shape index (κ2) is 5.95. The fraction of sp³-hybridized carbons (Fsp3) is 0.538. The lowest BCUT2D eigenvalue weighted by atomic mass is 10.2. The summed E-state index contributed by atoms with van der Waals surface area (Å²) < 4.78 is 65.9. The van der Waals surface area contributed by atoms with Crippen molar-refractivity contribution in [1.29, 1.82) is 0 Å². The molecule has 1 aromatic rings. The summed E-state index contributed by atoms with van der Waals surface area (Å²) in [5, 5.41) is 2.36.